The molecule has 7 heteroatoms. The summed E-state index contributed by atoms with van der Waals surface area (Å²) in [6.45, 7) is 1.47. The lowest BCUT2D eigenvalue weighted by molar-refractivity contribution is -0.137. The second-order valence-electron chi connectivity index (χ2n) is 6.40. The van der Waals surface area contributed by atoms with Crippen LogP contribution in [0.5, 0.6) is 0 Å². The molecule has 2 fully saturated rings. The lowest BCUT2D eigenvalue weighted by Crippen LogP contribution is -2.37. The van der Waals surface area contributed by atoms with Gasteiger partial charge in [-0.05, 0) is 43.9 Å². The van der Waals surface area contributed by atoms with Gasteiger partial charge in [-0.1, -0.05) is 6.07 Å². The van der Waals surface area contributed by atoms with Crippen molar-refractivity contribution in [3.05, 3.63) is 29.8 Å². The van der Waals surface area contributed by atoms with Gasteiger partial charge in [0.1, 0.15) is 0 Å². The zero-order valence-electron chi connectivity index (χ0n) is 13.1. The smallest absolute Gasteiger partial charge is 0.342 e. The van der Waals surface area contributed by atoms with Gasteiger partial charge in [0, 0.05) is 18.8 Å². The highest BCUT2D eigenvalue weighted by Crippen LogP contribution is 2.41. The normalized spacial score (nSPS) is 23.7. The largest absolute Gasteiger partial charge is 0.416 e. The minimum Gasteiger partial charge on any atom is -0.342 e. The standard InChI is InChI=1S/C17H19F3N2O2/c18-17(19,20)11-5-4-6-12(9-11)21-15(23)13-10-14(13)16(24)22-7-2-1-3-8-22/h4-6,9,13-14H,1-3,7-8,10H2,(H,21,23). The minimum absolute atomic E-state index is 0.00103. The molecule has 2 atom stereocenters. The number of hydrogen-bond donors (Lipinski definition) is 1. The van der Waals surface area contributed by atoms with Crippen LogP contribution >= 0.6 is 0 Å². The van der Waals surface area contributed by atoms with Crippen molar-refractivity contribution in [2.45, 2.75) is 31.9 Å². The molecule has 1 saturated heterocycles. The number of hydrogen-bond acceptors (Lipinski definition) is 2. The molecule has 1 saturated carbocycles. The van der Waals surface area contributed by atoms with Crippen molar-refractivity contribution < 1.29 is 22.8 Å². The van der Waals surface area contributed by atoms with Gasteiger partial charge < -0.3 is 10.2 Å². The molecule has 4 nitrogen and oxygen atoms in total. The Labute approximate surface area is 138 Å². The van der Waals surface area contributed by atoms with Crippen LogP contribution in [-0.4, -0.2) is 29.8 Å². The van der Waals surface area contributed by atoms with Crippen molar-refractivity contribution in [2.24, 2.45) is 11.8 Å². The van der Waals surface area contributed by atoms with E-state index in [1.165, 1.54) is 12.1 Å². The van der Waals surface area contributed by atoms with E-state index >= 15 is 0 Å². The van der Waals surface area contributed by atoms with Gasteiger partial charge in [-0.2, -0.15) is 13.2 Å². The zero-order valence-corrected chi connectivity index (χ0v) is 13.1. The maximum Gasteiger partial charge on any atom is 0.416 e. The Morgan fingerprint density at radius 1 is 1.08 bits per heavy atom. The van der Waals surface area contributed by atoms with Gasteiger partial charge in [-0.15, -0.1) is 0 Å². The van der Waals surface area contributed by atoms with Gasteiger partial charge in [0.05, 0.1) is 17.4 Å². The molecule has 1 heterocycles. The van der Waals surface area contributed by atoms with Crippen LogP contribution in [0.15, 0.2) is 24.3 Å². The lowest BCUT2D eigenvalue weighted by atomic mass is 10.1. The highest BCUT2D eigenvalue weighted by molar-refractivity contribution is 5.99. The van der Waals surface area contributed by atoms with Crippen LogP contribution in [0.2, 0.25) is 0 Å². The molecule has 0 radical (unpaired) electrons. The number of amides is 2. The molecule has 1 aliphatic carbocycles. The summed E-state index contributed by atoms with van der Waals surface area (Å²) in [5, 5.41) is 2.49. The number of anilines is 1. The van der Waals surface area contributed by atoms with Crippen LogP contribution in [0.1, 0.15) is 31.2 Å². The van der Waals surface area contributed by atoms with Gasteiger partial charge in [0.15, 0.2) is 0 Å². The molecule has 1 aromatic rings. The van der Waals surface area contributed by atoms with Gasteiger partial charge in [0.25, 0.3) is 0 Å². The molecule has 0 spiro atoms. The first kappa shape index (κ1) is 16.8. The second-order valence-corrected chi connectivity index (χ2v) is 6.40. The quantitative estimate of drug-likeness (QED) is 0.918. The fourth-order valence-electron chi connectivity index (χ4n) is 3.11. The number of nitrogens with zero attached hydrogens (tertiary/aromatic N) is 1. The van der Waals surface area contributed by atoms with E-state index in [2.05, 4.69) is 5.32 Å². The minimum atomic E-state index is -4.45. The first-order valence-electron chi connectivity index (χ1n) is 8.13. The van der Waals surface area contributed by atoms with E-state index in [0.717, 1.165) is 44.5 Å². The van der Waals surface area contributed by atoms with Crippen molar-refractivity contribution >= 4 is 17.5 Å². The summed E-state index contributed by atoms with van der Waals surface area (Å²) in [4.78, 5) is 26.3. The number of piperidine rings is 1. The Kier molecular flexibility index (Phi) is 4.51. The summed E-state index contributed by atoms with van der Waals surface area (Å²) < 4.78 is 38.1. The molecule has 1 aromatic carbocycles. The van der Waals surface area contributed by atoms with E-state index in [4.69, 9.17) is 0 Å². The number of nitrogens with one attached hydrogen (secondary N) is 1. The van der Waals surface area contributed by atoms with Crippen molar-refractivity contribution in [1.82, 2.24) is 4.90 Å². The van der Waals surface area contributed by atoms with Crippen molar-refractivity contribution in [2.75, 3.05) is 18.4 Å². The number of halogens is 3. The number of carbonyl (C=O) groups is 2. The summed E-state index contributed by atoms with van der Waals surface area (Å²) >= 11 is 0. The summed E-state index contributed by atoms with van der Waals surface area (Å²) in [6.07, 6.45) is -0.889. The molecule has 24 heavy (non-hydrogen) atoms. The van der Waals surface area contributed by atoms with Gasteiger partial charge in [-0.25, -0.2) is 0 Å². The fourth-order valence-corrected chi connectivity index (χ4v) is 3.11. The van der Waals surface area contributed by atoms with Crippen LogP contribution in [0.25, 0.3) is 0 Å². The van der Waals surface area contributed by atoms with E-state index in [9.17, 15) is 22.8 Å². The highest BCUT2D eigenvalue weighted by atomic mass is 19.4. The van der Waals surface area contributed by atoms with Crippen LogP contribution in [0.3, 0.4) is 0 Å². The predicted molar refractivity (Wildman–Crippen MR) is 82.1 cm³/mol. The molecule has 1 N–H and O–H groups in total. The van der Waals surface area contributed by atoms with Crippen LogP contribution in [-0.2, 0) is 15.8 Å². The highest BCUT2D eigenvalue weighted by Gasteiger charge is 2.49. The Balaban J connectivity index is 1.58. The van der Waals surface area contributed by atoms with Crippen LogP contribution < -0.4 is 5.32 Å². The van der Waals surface area contributed by atoms with Gasteiger partial charge in [0.2, 0.25) is 11.8 Å². The summed E-state index contributed by atoms with van der Waals surface area (Å²) in [5.41, 5.74) is -0.706. The Morgan fingerprint density at radius 3 is 2.46 bits per heavy atom. The predicted octanol–water partition coefficient (Wildman–Crippen LogP) is 3.29. The Bertz CT molecular complexity index is 639. The maximum atomic E-state index is 12.7. The van der Waals surface area contributed by atoms with Crippen molar-refractivity contribution in [3.8, 4) is 0 Å². The number of benzene rings is 1. The average Bonchev–Trinajstić information content (AvgIpc) is 3.35. The second kappa shape index (κ2) is 6.45. The van der Waals surface area contributed by atoms with Crippen LogP contribution in [0.4, 0.5) is 18.9 Å². The van der Waals surface area contributed by atoms with Crippen molar-refractivity contribution in [1.29, 1.82) is 0 Å². The summed E-state index contributed by atoms with van der Waals surface area (Å²) in [7, 11) is 0. The molecule has 2 amide bonds. The fraction of sp³-hybridized carbons (Fsp3) is 0.529. The molecule has 3 rings (SSSR count). The number of alkyl halides is 3. The molecule has 0 aromatic heterocycles. The summed E-state index contributed by atoms with van der Waals surface area (Å²) in [5.74, 6) is -1.15. The Morgan fingerprint density at radius 2 is 1.79 bits per heavy atom. The Hall–Kier alpha value is -2.05. The third-order valence-corrected chi connectivity index (χ3v) is 4.57. The van der Waals surface area contributed by atoms with E-state index in [0.29, 0.717) is 6.42 Å². The topological polar surface area (TPSA) is 49.4 Å². The first-order valence-corrected chi connectivity index (χ1v) is 8.13. The van der Waals surface area contributed by atoms with E-state index in [1.54, 1.807) is 4.90 Å². The molecular weight excluding hydrogens is 321 g/mol. The first-order chi connectivity index (χ1) is 11.4. The average molecular weight is 340 g/mol. The van der Waals surface area contributed by atoms with E-state index in [1.807, 2.05) is 0 Å². The van der Waals surface area contributed by atoms with E-state index < -0.39 is 17.7 Å². The SMILES string of the molecule is O=C(Nc1cccc(C(F)(F)F)c1)C1CC1C(=O)N1CCCCC1. The van der Waals surface area contributed by atoms with E-state index in [-0.39, 0.29) is 23.4 Å². The summed E-state index contributed by atoms with van der Waals surface area (Å²) in [6, 6.07) is 4.52. The molecule has 2 aliphatic rings. The molecule has 0 bridgehead atoms. The zero-order chi connectivity index (χ0) is 17.3. The third kappa shape index (κ3) is 3.71. The molecular formula is C17H19F3N2O2. The van der Waals surface area contributed by atoms with Crippen molar-refractivity contribution in [3.63, 3.8) is 0 Å². The molecule has 1 aliphatic heterocycles. The van der Waals surface area contributed by atoms with Gasteiger partial charge >= 0.3 is 6.18 Å². The van der Waals surface area contributed by atoms with Crippen LogP contribution in [0, 0.1) is 11.8 Å². The number of carbonyl (C=O) groups excluding carboxylic acids is 2. The third-order valence-electron chi connectivity index (χ3n) is 4.57. The number of likely N-dealkylation sites (tertiary alicyclic amines) is 1. The maximum absolute atomic E-state index is 12.7. The number of rotatable bonds is 3. The molecule has 2 unspecified atom stereocenters. The molecule has 130 valence electrons. The van der Waals surface area contributed by atoms with Gasteiger partial charge in [-0.3, -0.25) is 9.59 Å². The monoisotopic (exact) mass is 340 g/mol. The lowest BCUT2D eigenvalue weighted by Gasteiger charge is -2.26.